The summed E-state index contributed by atoms with van der Waals surface area (Å²) < 4.78 is 19.5. The van der Waals surface area contributed by atoms with Gasteiger partial charge in [0, 0.05) is 18.7 Å². The molecule has 0 saturated carbocycles. The molecule has 0 radical (unpaired) electrons. The lowest BCUT2D eigenvalue weighted by molar-refractivity contribution is -0.158. The lowest BCUT2D eigenvalue weighted by Crippen LogP contribution is -2.46. The molecule has 30 heavy (non-hydrogen) atoms. The number of carbonyl (C=O) groups excluding carboxylic acids is 1. The second-order valence-corrected chi connectivity index (χ2v) is 7.55. The summed E-state index contributed by atoms with van der Waals surface area (Å²) in [4.78, 5) is 38.5. The van der Waals surface area contributed by atoms with Gasteiger partial charge in [0.05, 0.1) is 6.61 Å². The predicted molar refractivity (Wildman–Crippen MR) is 110 cm³/mol. The van der Waals surface area contributed by atoms with Gasteiger partial charge in [-0.25, -0.2) is 4.79 Å². The zero-order chi connectivity index (χ0) is 21.9. The van der Waals surface area contributed by atoms with Crippen LogP contribution < -0.4 is 11.2 Å². The van der Waals surface area contributed by atoms with Gasteiger partial charge in [0.25, 0.3) is 5.56 Å². The molecule has 0 aliphatic carbocycles. The van der Waals surface area contributed by atoms with Crippen molar-refractivity contribution in [3.8, 4) is 0 Å². The van der Waals surface area contributed by atoms with E-state index in [4.69, 9.17) is 14.2 Å². The zero-order valence-corrected chi connectivity index (χ0v) is 17.7. The molecule has 1 aliphatic heterocycles. The van der Waals surface area contributed by atoms with Crippen LogP contribution in [0.3, 0.4) is 0 Å². The number of carbonyl (C=O) groups is 1. The summed E-state index contributed by atoms with van der Waals surface area (Å²) in [5, 5.41) is 0. The van der Waals surface area contributed by atoms with Gasteiger partial charge in [0.1, 0.15) is 11.7 Å². The highest BCUT2D eigenvalue weighted by Crippen LogP contribution is 2.44. The first-order chi connectivity index (χ1) is 14.3. The predicted octanol–water partition coefficient (Wildman–Crippen LogP) is 2.45. The highest BCUT2D eigenvalue weighted by Gasteiger charge is 2.56. The van der Waals surface area contributed by atoms with E-state index in [9.17, 15) is 14.4 Å². The quantitative estimate of drug-likeness (QED) is 0.696. The normalized spacial score (nSPS) is 22.7. The number of aryl methyl sites for hydroxylation is 1. The number of hydrogen-bond acceptors (Lipinski definition) is 6. The van der Waals surface area contributed by atoms with Gasteiger partial charge in [0.2, 0.25) is 0 Å². The molecule has 1 aliphatic rings. The van der Waals surface area contributed by atoms with Crippen molar-refractivity contribution in [3.63, 3.8) is 0 Å². The van der Waals surface area contributed by atoms with Crippen LogP contribution in [-0.2, 0) is 25.6 Å². The number of esters is 1. The van der Waals surface area contributed by atoms with E-state index >= 15 is 0 Å². The molecule has 8 nitrogen and oxygen atoms in total. The van der Waals surface area contributed by atoms with Crippen LogP contribution in [0.4, 0.5) is 0 Å². The van der Waals surface area contributed by atoms with Crippen molar-refractivity contribution >= 4 is 5.97 Å². The zero-order valence-electron chi connectivity index (χ0n) is 17.7. The molecule has 0 bridgehead atoms. The van der Waals surface area contributed by atoms with Crippen LogP contribution in [0.5, 0.6) is 0 Å². The van der Waals surface area contributed by atoms with Gasteiger partial charge < -0.3 is 14.2 Å². The third kappa shape index (κ3) is 4.24. The second kappa shape index (κ2) is 8.97. The number of nitrogens with zero attached hydrogens (tertiary/aromatic N) is 1. The molecule has 1 saturated heterocycles. The van der Waals surface area contributed by atoms with Crippen molar-refractivity contribution in [3.05, 3.63) is 68.5 Å². The monoisotopic (exact) mass is 416 g/mol. The van der Waals surface area contributed by atoms with E-state index in [0.29, 0.717) is 25.0 Å². The number of H-pyrrole nitrogens is 1. The molecule has 3 rings (SSSR count). The van der Waals surface area contributed by atoms with Crippen molar-refractivity contribution in [1.82, 2.24) is 9.55 Å². The van der Waals surface area contributed by atoms with Crippen LogP contribution in [0.25, 0.3) is 0 Å². The Morgan fingerprint density at radius 2 is 1.87 bits per heavy atom. The Hall–Kier alpha value is -2.71. The van der Waals surface area contributed by atoms with Crippen LogP contribution in [0.1, 0.15) is 51.0 Å². The van der Waals surface area contributed by atoms with Gasteiger partial charge in [-0.1, -0.05) is 44.2 Å². The first-order valence-electron chi connectivity index (χ1n) is 10.1. The van der Waals surface area contributed by atoms with E-state index in [-0.39, 0.29) is 0 Å². The smallest absolute Gasteiger partial charge is 0.330 e. The minimum atomic E-state index is -0.919. The van der Waals surface area contributed by atoms with E-state index in [1.165, 1.54) is 17.7 Å². The van der Waals surface area contributed by atoms with Gasteiger partial charge in [-0.3, -0.25) is 19.1 Å². The maximum Gasteiger partial charge on any atom is 0.330 e. The molecule has 0 spiro atoms. The molecule has 1 aromatic heterocycles. The Labute approximate surface area is 174 Å². The molecular weight excluding hydrogens is 388 g/mol. The molecule has 8 heteroatoms. The third-order valence-electron chi connectivity index (χ3n) is 5.64. The van der Waals surface area contributed by atoms with Gasteiger partial charge in [-0.15, -0.1) is 0 Å². The number of aromatic nitrogens is 2. The van der Waals surface area contributed by atoms with E-state index in [1.54, 1.807) is 6.92 Å². The summed E-state index contributed by atoms with van der Waals surface area (Å²) in [7, 11) is 0. The highest BCUT2D eigenvalue weighted by molar-refractivity contribution is 5.66. The molecule has 2 heterocycles. The van der Waals surface area contributed by atoms with Gasteiger partial charge in [-0.2, -0.15) is 0 Å². The molecule has 1 aromatic carbocycles. The Morgan fingerprint density at radius 1 is 1.20 bits per heavy atom. The number of hydrogen-bond donors (Lipinski definition) is 1. The molecule has 1 N–H and O–H groups in total. The topological polar surface area (TPSA) is 99.6 Å². The molecule has 3 atom stereocenters. The van der Waals surface area contributed by atoms with Crippen molar-refractivity contribution < 1.29 is 19.0 Å². The third-order valence-corrected chi connectivity index (χ3v) is 5.64. The maximum atomic E-state index is 12.5. The molecule has 0 amide bonds. The van der Waals surface area contributed by atoms with Crippen molar-refractivity contribution in [2.24, 2.45) is 0 Å². The average molecular weight is 416 g/mol. The van der Waals surface area contributed by atoms with E-state index in [1.807, 2.05) is 44.2 Å². The van der Waals surface area contributed by atoms with Crippen LogP contribution >= 0.6 is 0 Å². The number of benzene rings is 1. The molecule has 162 valence electrons. The summed E-state index contributed by atoms with van der Waals surface area (Å²) in [5.41, 5.74) is -0.527. The van der Waals surface area contributed by atoms with Gasteiger partial charge in [-0.05, 0) is 25.3 Å². The second-order valence-electron chi connectivity index (χ2n) is 7.55. The Kier molecular flexibility index (Phi) is 6.58. The number of rotatable bonds is 7. The fraction of sp³-hybridized carbons (Fsp3) is 0.500. The van der Waals surface area contributed by atoms with Crippen molar-refractivity contribution in [2.75, 3.05) is 0 Å². The van der Waals surface area contributed by atoms with Crippen LogP contribution in [0.15, 0.2) is 46.1 Å². The summed E-state index contributed by atoms with van der Waals surface area (Å²) in [6.45, 7) is 7.15. The largest absolute Gasteiger partial charge is 0.455 e. The molecular formula is C22H28N2O6. The number of nitrogens with one attached hydrogen (secondary N) is 1. The maximum absolute atomic E-state index is 12.5. The standard InChI is InChI=1S/C22H28N2O6/c1-5-22(6-2)18(28-13-16-10-8-7-9-11-16)17(29-15(4)25)20(30-22)24-12-14(3)19(26)23-21(24)27/h7-12,17-18,20H,5-6,13H2,1-4H3,(H,23,26,27)/t17?,18-,20-/m1/s1. The first kappa shape index (κ1) is 22.0. The summed E-state index contributed by atoms with van der Waals surface area (Å²) >= 11 is 0. The highest BCUT2D eigenvalue weighted by atomic mass is 16.6. The Morgan fingerprint density at radius 3 is 2.47 bits per heavy atom. The minimum absolute atomic E-state index is 0.306. The minimum Gasteiger partial charge on any atom is -0.455 e. The van der Waals surface area contributed by atoms with E-state index in [2.05, 4.69) is 4.98 Å². The number of ether oxygens (including phenoxy) is 3. The van der Waals surface area contributed by atoms with E-state index < -0.39 is 41.3 Å². The van der Waals surface area contributed by atoms with Crippen LogP contribution in [0, 0.1) is 6.92 Å². The average Bonchev–Trinajstić information content (AvgIpc) is 3.03. The lowest BCUT2D eigenvalue weighted by Gasteiger charge is -2.33. The van der Waals surface area contributed by atoms with Crippen molar-refractivity contribution in [1.29, 1.82) is 0 Å². The Balaban J connectivity index is 2.03. The Bertz CT molecular complexity index is 993. The molecule has 1 unspecified atom stereocenters. The van der Waals surface area contributed by atoms with Crippen LogP contribution in [-0.4, -0.2) is 33.3 Å². The van der Waals surface area contributed by atoms with Gasteiger partial charge in [0.15, 0.2) is 12.3 Å². The molecule has 1 fully saturated rings. The van der Waals surface area contributed by atoms with Crippen LogP contribution in [0.2, 0.25) is 0 Å². The summed E-state index contributed by atoms with van der Waals surface area (Å²) in [6.07, 6.45) is 0.244. The fourth-order valence-corrected chi connectivity index (χ4v) is 3.95. The fourth-order valence-electron chi connectivity index (χ4n) is 3.95. The number of aromatic amines is 1. The SMILES string of the molecule is CCC1(CC)O[C@@H](n2cc(C)c(=O)[nH]c2=O)C(OC(C)=O)[C@H]1OCc1ccccc1. The molecule has 2 aromatic rings. The summed E-state index contributed by atoms with van der Waals surface area (Å²) in [6, 6.07) is 9.66. The van der Waals surface area contributed by atoms with Gasteiger partial charge >= 0.3 is 11.7 Å². The van der Waals surface area contributed by atoms with Crippen molar-refractivity contribution in [2.45, 2.75) is 71.2 Å². The lowest BCUT2D eigenvalue weighted by atomic mass is 9.89. The first-order valence-corrected chi connectivity index (χ1v) is 10.1. The van der Waals surface area contributed by atoms with E-state index in [0.717, 1.165) is 5.56 Å². The summed E-state index contributed by atoms with van der Waals surface area (Å²) in [5.74, 6) is -0.501.